The molecule has 1 saturated carbocycles. The molecule has 0 bridgehead atoms. The lowest BCUT2D eigenvalue weighted by molar-refractivity contribution is -0.0500. The number of esters is 1. The third kappa shape index (κ3) is 3.09. The minimum atomic E-state index is -6.10. The van der Waals surface area contributed by atoms with E-state index in [1.807, 2.05) is 0 Å². The molecular formula is C12H11F4NO6S. The van der Waals surface area contributed by atoms with Crippen LogP contribution in [-0.4, -0.2) is 38.2 Å². The first-order chi connectivity index (χ1) is 11.0. The van der Waals surface area contributed by atoms with Gasteiger partial charge < -0.3 is 13.5 Å². The van der Waals surface area contributed by atoms with Crippen LogP contribution < -0.4 is 9.74 Å². The number of hydrogen-bond acceptors (Lipinski definition) is 6. The minimum absolute atomic E-state index is 0.283. The maximum atomic E-state index is 13.1. The van der Waals surface area contributed by atoms with Crippen molar-refractivity contribution in [1.29, 1.82) is 0 Å². The summed E-state index contributed by atoms with van der Waals surface area (Å²) >= 11 is 0. The number of methoxy groups -OCH3 is 1. The van der Waals surface area contributed by atoms with Gasteiger partial charge in [-0.15, -0.1) is 0 Å². The van der Waals surface area contributed by atoms with Gasteiger partial charge in [-0.1, -0.05) is 0 Å². The molecule has 0 atom stereocenters. The topological polar surface area (TPSA) is 91.7 Å². The molecule has 0 aromatic carbocycles. The lowest BCUT2D eigenvalue weighted by Crippen LogP contribution is -2.34. The fourth-order valence-electron chi connectivity index (χ4n) is 1.97. The number of rotatable bonds is 5. The van der Waals surface area contributed by atoms with E-state index in [0.717, 1.165) is 17.9 Å². The molecular weight excluding hydrogens is 362 g/mol. The first kappa shape index (κ1) is 18.2. The van der Waals surface area contributed by atoms with Crippen molar-refractivity contribution in [2.75, 3.05) is 13.8 Å². The van der Waals surface area contributed by atoms with Gasteiger partial charge in [-0.25, -0.2) is 9.18 Å². The van der Waals surface area contributed by atoms with Gasteiger partial charge in [-0.05, 0) is 12.8 Å². The highest BCUT2D eigenvalue weighted by Gasteiger charge is 2.50. The van der Waals surface area contributed by atoms with Crippen LogP contribution in [0.4, 0.5) is 17.6 Å². The summed E-state index contributed by atoms with van der Waals surface area (Å²) in [5.41, 5.74) is -8.71. The maximum absolute atomic E-state index is 13.1. The van der Waals surface area contributed by atoms with Gasteiger partial charge in [0.1, 0.15) is 12.2 Å². The molecule has 0 spiro atoms. The maximum Gasteiger partial charge on any atom is 0.534 e. The van der Waals surface area contributed by atoms with Crippen LogP contribution in [0.3, 0.4) is 0 Å². The van der Waals surface area contributed by atoms with Gasteiger partial charge >= 0.3 is 21.6 Å². The van der Waals surface area contributed by atoms with Gasteiger partial charge in [0.05, 0.1) is 12.6 Å². The van der Waals surface area contributed by atoms with Crippen molar-refractivity contribution in [3.05, 3.63) is 28.2 Å². The summed E-state index contributed by atoms with van der Waals surface area (Å²) in [6.07, 6.45) is 1.30. The summed E-state index contributed by atoms with van der Waals surface area (Å²) in [6.45, 7) is -0.936. The number of carbonyl (C=O) groups excluding carboxylic acids is 1. The number of halogens is 4. The molecule has 0 saturated heterocycles. The third-order valence-corrected chi connectivity index (χ3v) is 4.46. The van der Waals surface area contributed by atoms with E-state index in [4.69, 9.17) is 0 Å². The van der Waals surface area contributed by atoms with Crippen LogP contribution in [-0.2, 0) is 20.4 Å². The number of ether oxygens (including phenoxy) is 1. The Kier molecular flexibility index (Phi) is 4.37. The van der Waals surface area contributed by atoms with Crippen molar-refractivity contribution >= 4 is 16.1 Å². The summed E-state index contributed by atoms with van der Waals surface area (Å²) in [5, 5.41) is 0. The molecule has 1 aliphatic rings. The normalized spacial score (nSPS) is 16.5. The first-order valence-corrected chi connectivity index (χ1v) is 7.80. The van der Waals surface area contributed by atoms with Crippen LogP contribution in [0.15, 0.2) is 17.1 Å². The standard InChI is InChI=1S/C12H11F4NO6S/c1-22-10(19)7-5-17(11(6-13)2-3-11)9(18)4-8(7)23-24(20,21)12(14,15)16/h4-5H,2-3,6H2,1H3. The predicted molar refractivity (Wildman–Crippen MR) is 70.8 cm³/mol. The zero-order valence-corrected chi connectivity index (χ0v) is 12.9. The Morgan fingerprint density at radius 1 is 1.38 bits per heavy atom. The Bertz CT molecular complexity index is 825. The molecule has 0 aliphatic heterocycles. The van der Waals surface area contributed by atoms with Crippen molar-refractivity contribution < 1.29 is 39.7 Å². The fourth-order valence-corrected chi connectivity index (χ4v) is 2.44. The third-order valence-electron chi connectivity index (χ3n) is 3.49. The molecule has 134 valence electrons. The Balaban J connectivity index is 2.59. The minimum Gasteiger partial charge on any atom is -0.465 e. The number of aromatic nitrogens is 1. The van der Waals surface area contributed by atoms with Gasteiger partial charge in [-0.3, -0.25) is 4.79 Å². The molecule has 2 rings (SSSR count). The average Bonchev–Trinajstić information content (AvgIpc) is 3.26. The van der Waals surface area contributed by atoms with Crippen LogP contribution in [0.1, 0.15) is 23.2 Å². The highest BCUT2D eigenvalue weighted by Crippen LogP contribution is 2.43. The number of pyridine rings is 1. The van der Waals surface area contributed by atoms with Crippen LogP contribution >= 0.6 is 0 Å². The average molecular weight is 373 g/mol. The zero-order valence-electron chi connectivity index (χ0n) is 12.1. The molecule has 0 unspecified atom stereocenters. The molecule has 1 aromatic rings. The van der Waals surface area contributed by atoms with Crippen molar-refractivity contribution in [2.24, 2.45) is 0 Å². The van der Waals surface area contributed by atoms with Gasteiger partial charge in [0.25, 0.3) is 5.56 Å². The number of carbonyl (C=O) groups is 1. The van der Waals surface area contributed by atoms with E-state index in [9.17, 15) is 35.6 Å². The second-order valence-electron chi connectivity index (χ2n) is 5.09. The second kappa shape index (κ2) is 5.76. The second-order valence-corrected chi connectivity index (χ2v) is 6.63. The van der Waals surface area contributed by atoms with E-state index >= 15 is 0 Å². The number of nitrogens with zero attached hydrogens (tertiary/aromatic N) is 1. The van der Waals surface area contributed by atoms with E-state index in [-0.39, 0.29) is 12.8 Å². The molecule has 12 heteroatoms. The van der Waals surface area contributed by atoms with E-state index in [1.165, 1.54) is 0 Å². The van der Waals surface area contributed by atoms with Crippen molar-refractivity contribution in [3.8, 4) is 5.75 Å². The van der Waals surface area contributed by atoms with E-state index in [1.54, 1.807) is 0 Å². The van der Waals surface area contributed by atoms with Gasteiger partial charge in [0.15, 0.2) is 5.75 Å². The molecule has 1 aliphatic carbocycles. The Morgan fingerprint density at radius 2 is 1.96 bits per heavy atom. The number of hydrogen-bond donors (Lipinski definition) is 0. The first-order valence-electron chi connectivity index (χ1n) is 6.40. The lowest BCUT2D eigenvalue weighted by Gasteiger charge is -2.18. The Hall–Kier alpha value is -2.11. The summed E-state index contributed by atoms with van der Waals surface area (Å²) in [5.74, 6) is -2.39. The van der Waals surface area contributed by atoms with Crippen LogP contribution in [0.25, 0.3) is 0 Å². The summed E-state index contributed by atoms with van der Waals surface area (Å²) in [6, 6.07) is 0.380. The monoisotopic (exact) mass is 373 g/mol. The highest BCUT2D eigenvalue weighted by molar-refractivity contribution is 7.88. The van der Waals surface area contributed by atoms with E-state index < -0.39 is 50.7 Å². The Labute approximate surface area is 132 Å². The SMILES string of the molecule is COC(=O)c1cn(C2(CF)CC2)c(=O)cc1OS(=O)(=O)C(F)(F)F. The molecule has 0 N–H and O–H groups in total. The lowest BCUT2D eigenvalue weighted by atomic mass is 10.2. The van der Waals surface area contributed by atoms with Crippen LogP contribution in [0.5, 0.6) is 5.75 Å². The molecule has 1 aromatic heterocycles. The van der Waals surface area contributed by atoms with Crippen LogP contribution in [0, 0.1) is 0 Å². The van der Waals surface area contributed by atoms with Gasteiger partial charge in [0.2, 0.25) is 0 Å². The number of alkyl halides is 4. The molecule has 1 heterocycles. The van der Waals surface area contributed by atoms with Crippen molar-refractivity contribution in [3.63, 3.8) is 0 Å². The fraction of sp³-hybridized carbons (Fsp3) is 0.500. The molecule has 0 radical (unpaired) electrons. The van der Waals surface area contributed by atoms with E-state index in [0.29, 0.717) is 6.07 Å². The molecule has 1 fully saturated rings. The zero-order chi connectivity index (χ0) is 18.3. The molecule has 0 amide bonds. The van der Waals surface area contributed by atoms with Crippen molar-refractivity contribution in [1.82, 2.24) is 4.57 Å². The van der Waals surface area contributed by atoms with Crippen molar-refractivity contribution in [2.45, 2.75) is 23.9 Å². The van der Waals surface area contributed by atoms with Gasteiger partial charge in [0, 0.05) is 12.3 Å². The summed E-state index contributed by atoms with van der Waals surface area (Å²) in [7, 11) is -5.21. The van der Waals surface area contributed by atoms with Gasteiger partial charge in [-0.2, -0.15) is 21.6 Å². The van der Waals surface area contributed by atoms with E-state index in [2.05, 4.69) is 8.92 Å². The Morgan fingerprint density at radius 3 is 2.38 bits per heavy atom. The summed E-state index contributed by atoms with van der Waals surface area (Å²) < 4.78 is 81.5. The highest BCUT2D eigenvalue weighted by atomic mass is 32.2. The molecule has 7 nitrogen and oxygen atoms in total. The quantitative estimate of drug-likeness (QED) is 0.335. The van der Waals surface area contributed by atoms with Crippen LogP contribution in [0.2, 0.25) is 0 Å². The predicted octanol–water partition coefficient (Wildman–Crippen LogP) is 1.32. The molecule has 24 heavy (non-hydrogen) atoms. The smallest absolute Gasteiger partial charge is 0.465 e. The summed E-state index contributed by atoms with van der Waals surface area (Å²) in [4.78, 5) is 23.7. The largest absolute Gasteiger partial charge is 0.534 e.